The summed E-state index contributed by atoms with van der Waals surface area (Å²) < 4.78 is 24.7. The number of aliphatic hydroxyl groups excluding tert-OH is 1. The molecule has 68 heavy (non-hydrogen) atoms. The van der Waals surface area contributed by atoms with Crippen LogP contribution in [0.3, 0.4) is 0 Å². The van der Waals surface area contributed by atoms with Crippen molar-refractivity contribution in [1.82, 2.24) is 0 Å². The molecular weight excluding hydrogens is 857 g/mol. The van der Waals surface area contributed by atoms with E-state index in [2.05, 4.69) is 30.3 Å². The Labute approximate surface area is 394 Å². The number of hydrogen-bond acceptors (Lipinski definition) is 10. The number of esters is 2. The van der Waals surface area contributed by atoms with E-state index in [1.54, 1.807) is 24.3 Å². The van der Waals surface area contributed by atoms with Gasteiger partial charge in [0, 0.05) is 24.7 Å². The minimum Gasteiger partial charge on any atom is -0.508 e. The zero-order valence-electron chi connectivity index (χ0n) is 38.2. The predicted molar refractivity (Wildman–Crippen MR) is 258 cm³/mol. The highest BCUT2D eigenvalue weighted by molar-refractivity contribution is 5.98. The van der Waals surface area contributed by atoms with Crippen molar-refractivity contribution in [3.8, 4) is 39.9 Å². The SMILES string of the molecule is COc1cc2c(cc1O)[C@H]1C[C@H](O)[C@H]3Cc4cc(O)c(OC)cc4[C@H]4C[C@H](OC(=O)Cc5ccc6cc(O)cc(-c7ccccc7)c6c5)C[C@@H](OC(C)=O)[C@@H](C2)[C@]1(c1ccc2ccccc2c1)[C@H]34. The van der Waals surface area contributed by atoms with Gasteiger partial charge in [0.15, 0.2) is 23.0 Å². The molecule has 0 bridgehead atoms. The predicted octanol–water partition coefficient (Wildman–Crippen LogP) is 10.2. The van der Waals surface area contributed by atoms with E-state index >= 15 is 0 Å². The molecule has 0 aromatic heterocycles. The number of aliphatic hydroxyl groups is 1. The maximum Gasteiger partial charge on any atom is 0.310 e. The maximum absolute atomic E-state index is 14.5. The van der Waals surface area contributed by atoms with Gasteiger partial charge in [-0.1, -0.05) is 84.9 Å². The first-order valence-corrected chi connectivity index (χ1v) is 23.6. The standard InChI is InChI=1S/C58H54O10/c1-31(59)67-53-27-41(68-56(64)18-32-13-14-36-20-40(60)25-43(42(36)17-32)34-10-5-4-6-11-34)26-46-44-29-55(66-3)51(62)23-37(44)21-47-50(61)30-48-45-28-52(63)54(65-2)24-38(45)22-49(53)58(48,57(46)47)39-16-15-33-9-7-8-12-35(33)19-39/h4-17,19-20,23-25,28-29,41,46-50,53,57,60-63H,18,21-22,26-27,30H2,1-3H3/t41-,46+,47+,48+,49+,50-,53+,57-,58+/m0/s1. The molecule has 0 heterocycles. The molecule has 0 aliphatic heterocycles. The van der Waals surface area contributed by atoms with Crippen LogP contribution in [0.2, 0.25) is 0 Å². The average Bonchev–Trinajstić information content (AvgIpc) is 3.32. The van der Waals surface area contributed by atoms with Gasteiger partial charge in [0.05, 0.1) is 26.7 Å². The molecule has 2 fully saturated rings. The number of phenolic OH excluding ortho intramolecular Hbond substituents is 3. The van der Waals surface area contributed by atoms with E-state index in [4.69, 9.17) is 18.9 Å². The highest BCUT2D eigenvalue weighted by Gasteiger charge is 2.67. The Hall–Kier alpha value is -7.04. The lowest BCUT2D eigenvalue weighted by Gasteiger charge is -2.66. The quantitative estimate of drug-likeness (QED) is 0.108. The van der Waals surface area contributed by atoms with Crippen LogP contribution in [0.15, 0.2) is 127 Å². The number of rotatable bonds is 8. The average molecular weight is 911 g/mol. The summed E-state index contributed by atoms with van der Waals surface area (Å²) in [6.07, 6.45) is -0.461. The Morgan fingerprint density at radius 1 is 0.676 bits per heavy atom. The fourth-order valence-corrected chi connectivity index (χ4v) is 13.5. The number of carbonyl (C=O) groups is 2. The van der Waals surface area contributed by atoms with Crippen molar-refractivity contribution in [2.24, 2.45) is 17.8 Å². The van der Waals surface area contributed by atoms with E-state index in [-0.39, 0.29) is 53.8 Å². The molecule has 4 aliphatic carbocycles. The third kappa shape index (κ3) is 7.19. The normalized spacial score (nSPS) is 25.8. The second kappa shape index (κ2) is 16.9. The third-order valence-electron chi connectivity index (χ3n) is 15.9. The minimum atomic E-state index is -0.794. The van der Waals surface area contributed by atoms with Crippen LogP contribution in [0.5, 0.6) is 28.7 Å². The summed E-state index contributed by atoms with van der Waals surface area (Å²) in [5, 5.41) is 49.9. The first-order chi connectivity index (χ1) is 32.9. The van der Waals surface area contributed by atoms with Crippen molar-refractivity contribution in [1.29, 1.82) is 0 Å². The second-order valence-corrected chi connectivity index (χ2v) is 19.4. The van der Waals surface area contributed by atoms with Gasteiger partial charge >= 0.3 is 11.9 Å². The molecule has 0 saturated heterocycles. The van der Waals surface area contributed by atoms with Gasteiger partial charge in [-0.25, -0.2) is 0 Å². The van der Waals surface area contributed by atoms with Crippen LogP contribution >= 0.6 is 0 Å². The zero-order valence-corrected chi connectivity index (χ0v) is 38.2. The van der Waals surface area contributed by atoms with Gasteiger partial charge in [0.25, 0.3) is 0 Å². The van der Waals surface area contributed by atoms with Crippen LogP contribution in [-0.2, 0) is 43.7 Å². The lowest BCUT2D eigenvalue weighted by atomic mass is 9.38. The number of benzene rings is 7. The Morgan fingerprint density at radius 2 is 1.40 bits per heavy atom. The Kier molecular flexibility index (Phi) is 10.8. The largest absolute Gasteiger partial charge is 0.508 e. The second-order valence-electron chi connectivity index (χ2n) is 19.4. The van der Waals surface area contributed by atoms with E-state index in [9.17, 15) is 30.0 Å². The Balaban J connectivity index is 1.08. The number of carbonyl (C=O) groups excluding carboxylic acids is 2. The molecule has 7 aromatic rings. The number of ether oxygens (including phenoxy) is 4. The zero-order chi connectivity index (χ0) is 47.0. The molecule has 10 heteroatoms. The van der Waals surface area contributed by atoms with E-state index in [0.717, 1.165) is 66.1 Å². The molecule has 2 saturated carbocycles. The molecule has 10 nitrogen and oxygen atoms in total. The summed E-state index contributed by atoms with van der Waals surface area (Å²) in [5.74, 6) is -1.77. The molecule has 0 unspecified atom stereocenters. The molecule has 4 N–H and O–H groups in total. The van der Waals surface area contributed by atoms with Crippen molar-refractivity contribution in [3.05, 3.63) is 161 Å². The van der Waals surface area contributed by atoms with Gasteiger partial charge in [0.2, 0.25) is 0 Å². The number of aromatic hydroxyl groups is 3. The van der Waals surface area contributed by atoms with Crippen LogP contribution < -0.4 is 9.47 Å². The number of hydrogen-bond donors (Lipinski definition) is 4. The van der Waals surface area contributed by atoms with Crippen LogP contribution in [-0.4, -0.2) is 64.9 Å². The minimum absolute atomic E-state index is 0.00998. The van der Waals surface area contributed by atoms with Gasteiger partial charge in [-0.3, -0.25) is 9.59 Å². The van der Waals surface area contributed by atoms with Gasteiger partial charge in [-0.05, 0) is 158 Å². The highest BCUT2D eigenvalue weighted by Crippen LogP contribution is 2.69. The summed E-state index contributed by atoms with van der Waals surface area (Å²) in [6, 6.07) is 41.3. The molecule has 11 rings (SSSR count). The molecule has 346 valence electrons. The molecule has 0 radical (unpaired) electrons. The van der Waals surface area contributed by atoms with Crippen molar-refractivity contribution in [3.63, 3.8) is 0 Å². The fourth-order valence-electron chi connectivity index (χ4n) is 13.5. The van der Waals surface area contributed by atoms with Gasteiger partial charge < -0.3 is 39.4 Å². The molecule has 0 amide bonds. The summed E-state index contributed by atoms with van der Waals surface area (Å²) in [7, 11) is 3.06. The molecular formula is C58H54O10. The number of phenols is 3. The van der Waals surface area contributed by atoms with Crippen molar-refractivity contribution >= 4 is 33.5 Å². The molecule has 4 aliphatic rings. The van der Waals surface area contributed by atoms with Crippen molar-refractivity contribution < 1.29 is 49.0 Å². The highest BCUT2D eigenvalue weighted by atomic mass is 16.6. The van der Waals surface area contributed by atoms with Gasteiger partial charge in [-0.15, -0.1) is 0 Å². The van der Waals surface area contributed by atoms with E-state index in [1.165, 1.54) is 21.1 Å². The first kappa shape index (κ1) is 43.5. The monoisotopic (exact) mass is 910 g/mol. The van der Waals surface area contributed by atoms with Crippen molar-refractivity contribution in [2.45, 2.75) is 81.0 Å². The van der Waals surface area contributed by atoms with Gasteiger partial charge in [0.1, 0.15) is 18.0 Å². The number of methoxy groups -OCH3 is 2. The molecule has 7 aromatic carbocycles. The summed E-state index contributed by atoms with van der Waals surface area (Å²) in [4.78, 5) is 28.0. The van der Waals surface area contributed by atoms with Crippen LogP contribution in [0.25, 0.3) is 32.7 Å². The summed E-state index contributed by atoms with van der Waals surface area (Å²) in [5.41, 5.74) is 6.49. The van der Waals surface area contributed by atoms with E-state index in [0.29, 0.717) is 37.2 Å². The Morgan fingerprint density at radius 3 is 2.18 bits per heavy atom. The van der Waals surface area contributed by atoms with Crippen LogP contribution in [0.4, 0.5) is 0 Å². The lowest BCUT2D eigenvalue weighted by molar-refractivity contribution is -0.170. The Bertz CT molecular complexity index is 3130. The smallest absolute Gasteiger partial charge is 0.310 e. The lowest BCUT2D eigenvalue weighted by Crippen LogP contribution is -2.65. The van der Waals surface area contributed by atoms with Crippen LogP contribution in [0.1, 0.15) is 71.4 Å². The number of fused-ring (bicyclic) bond motifs is 6. The topological polar surface area (TPSA) is 152 Å². The van der Waals surface area contributed by atoms with E-state index < -0.39 is 41.6 Å². The summed E-state index contributed by atoms with van der Waals surface area (Å²) in [6.45, 7) is 1.42. The van der Waals surface area contributed by atoms with Crippen LogP contribution in [0, 0.1) is 17.8 Å². The summed E-state index contributed by atoms with van der Waals surface area (Å²) >= 11 is 0. The first-order valence-electron chi connectivity index (χ1n) is 23.6. The molecule has 9 atom stereocenters. The third-order valence-corrected chi connectivity index (χ3v) is 15.9. The van der Waals surface area contributed by atoms with Gasteiger partial charge in [-0.2, -0.15) is 0 Å². The molecule has 0 spiro atoms. The van der Waals surface area contributed by atoms with E-state index in [1.807, 2.05) is 72.8 Å². The maximum atomic E-state index is 14.5. The van der Waals surface area contributed by atoms with Crippen molar-refractivity contribution in [2.75, 3.05) is 14.2 Å². The fraction of sp³-hybridized carbons (Fsp3) is 0.310.